The highest BCUT2D eigenvalue weighted by molar-refractivity contribution is 5.76. The van der Waals surface area contributed by atoms with Crippen LogP contribution in [0.2, 0.25) is 0 Å². The maximum atomic E-state index is 11.6. The fourth-order valence-corrected chi connectivity index (χ4v) is 1.81. The molecule has 14 heavy (non-hydrogen) atoms. The van der Waals surface area contributed by atoms with Crippen LogP contribution >= 0.6 is 0 Å². The fraction of sp³-hybridized carbons (Fsp3) is 0.750. The molecule has 2 heteroatoms. The predicted molar refractivity (Wildman–Crippen MR) is 59.0 cm³/mol. The Morgan fingerprint density at radius 1 is 1.64 bits per heavy atom. The number of hydrogen-bond donors (Lipinski definition) is 0. The van der Waals surface area contributed by atoms with Gasteiger partial charge in [0.15, 0.2) is 0 Å². The Hall–Kier alpha value is -0.790. The zero-order valence-corrected chi connectivity index (χ0v) is 9.55. The molecule has 1 fully saturated rings. The van der Waals surface area contributed by atoms with Crippen molar-refractivity contribution in [3.63, 3.8) is 0 Å². The molecule has 0 spiro atoms. The van der Waals surface area contributed by atoms with E-state index in [0.717, 1.165) is 6.54 Å². The summed E-state index contributed by atoms with van der Waals surface area (Å²) in [6.45, 7) is 11.7. The van der Waals surface area contributed by atoms with Crippen LogP contribution in [0.5, 0.6) is 0 Å². The molecule has 2 nitrogen and oxygen atoms in total. The first-order valence-corrected chi connectivity index (χ1v) is 5.40. The summed E-state index contributed by atoms with van der Waals surface area (Å²) < 4.78 is 0. The largest absolute Gasteiger partial charge is 0.339 e. The van der Waals surface area contributed by atoms with Gasteiger partial charge in [0.2, 0.25) is 5.91 Å². The van der Waals surface area contributed by atoms with Crippen LogP contribution in [0.25, 0.3) is 0 Å². The van der Waals surface area contributed by atoms with Crippen molar-refractivity contribution in [2.75, 3.05) is 13.1 Å². The fourth-order valence-electron chi connectivity index (χ4n) is 1.81. The quantitative estimate of drug-likeness (QED) is 0.617. The van der Waals surface area contributed by atoms with Gasteiger partial charge in [-0.1, -0.05) is 26.8 Å². The van der Waals surface area contributed by atoms with Crippen LogP contribution in [0.15, 0.2) is 12.7 Å². The Kier molecular flexibility index (Phi) is 3.35. The molecular formula is C12H21NO. The highest BCUT2D eigenvalue weighted by Gasteiger charge is 2.46. The lowest BCUT2D eigenvalue weighted by Crippen LogP contribution is -2.33. The molecule has 1 aliphatic rings. The second-order valence-corrected chi connectivity index (χ2v) is 4.83. The van der Waals surface area contributed by atoms with Crippen LogP contribution in [-0.4, -0.2) is 23.9 Å². The van der Waals surface area contributed by atoms with Crippen molar-refractivity contribution in [1.82, 2.24) is 4.90 Å². The number of nitrogens with zero attached hydrogens (tertiary/aromatic N) is 1. The first-order valence-electron chi connectivity index (χ1n) is 5.40. The van der Waals surface area contributed by atoms with Gasteiger partial charge in [0, 0.05) is 19.5 Å². The molecule has 1 aliphatic carbocycles. The van der Waals surface area contributed by atoms with Crippen molar-refractivity contribution < 1.29 is 4.79 Å². The minimum atomic E-state index is 0.243. The van der Waals surface area contributed by atoms with E-state index in [0.29, 0.717) is 24.3 Å². The molecule has 0 bridgehead atoms. The maximum absolute atomic E-state index is 11.6. The smallest absolute Gasteiger partial charge is 0.222 e. The van der Waals surface area contributed by atoms with Gasteiger partial charge in [-0.15, -0.1) is 6.58 Å². The number of carbonyl (C=O) groups excluding carboxylic acids is 1. The Morgan fingerprint density at radius 3 is 2.57 bits per heavy atom. The summed E-state index contributed by atoms with van der Waals surface area (Å²) in [5.74, 6) is 0.936. The number of rotatable bonds is 5. The molecule has 1 saturated carbocycles. The third kappa shape index (κ3) is 2.60. The predicted octanol–water partition coefficient (Wildman–Crippen LogP) is 2.46. The molecular weight excluding hydrogens is 174 g/mol. The molecule has 80 valence electrons. The Balaban J connectivity index is 2.44. The Bertz CT molecular complexity index is 232. The van der Waals surface area contributed by atoms with E-state index in [1.807, 2.05) is 17.9 Å². The van der Waals surface area contributed by atoms with E-state index in [-0.39, 0.29) is 5.91 Å². The second-order valence-electron chi connectivity index (χ2n) is 4.83. The first kappa shape index (κ1) is 11.3. The van der Waals surface area contributed by atoms with Gasteiger partial charge in [-0.2, -0.15) is 0 Å². The molecule has 0 aromatic carbocycles. The zero-order chi connectivity index (χ0) is 10.8. The van der Waals surface area contributed by atoms with Crippen molar-refractivity contribution in [2.24, 2.45) is 11.3 Å². The lowest BCUT2D eigenvalue weighted by molar-refractivity contribution is -0.130. The number of carbonyl (C=O) groups is 1. The summed E-state index contributed by atoms with van der Waals surface area (Å²) >= 11 is 0. The van der Waals surface area contributed by atoms with Gasteiger partial charge < -0.3 is 4.90 Å². The molecule has 0 aliphatic heterocycles. The van der Waals surface area contributed by atoms with Crippen molar-refractivity contribution >= 4 is 5.91 Å². The molecule has 0 aromatic heterocycles. The average Bonchev–Trinajstić information content (AvgIpc) is 2.72. The van der Waals surface area contributed by atoms with Gasteiger partial charge in [-0.25, -0.2) is 0 Å². The number of amides is 1. The lowest BCUT2D eigenvalue weighted by atomic mass is 10.1. The Morgan fingerprint density at radius 2 is 2.21 bits per heavy atom. The molecule has 1 atom stereocenters. The summed E-state index contributed by atoms with van der Waals surface area (Å²) in [6, 6.07) is 0. The molecule has 1 unspecified atom stereocenters. The summed E-state index contributed by atoms with van der Waals surface area (Å²) in [5.41, 5.74) is 0.452. The minimum absolute atomic E-state index is 0.243. The van der Waals surface area contributed by atoms with Gasteiger partial charge in [0.1, 0.15) is 0 Å². The van der Waals surface area contributed by atoms with Crippen LogP contribution in [0.3, 0.4) is 0 Å². The van der Waals surface area contributed by atoms with Crippen LogP contribution in [0.4, 0.5) is 0 Å². The summed E-state index contributed by atoms with van der Waals surface area (Å²) in [6.07, 6.45) is 3.65. The van der Waals surface area contributed by atoms with E-state index in [9.17, 15) is 4.79 Å². The van der Waals surface area contributed by atoms with E-state index in [1.54, 1.807) is 0 Å². The van der Waals surface area contributed by atoms with Crippen molar-refractivity contribution in [3.8, 4) is 0 Å². The lowest BCUT2D eigenvalue weighted by Gasteiger charge is -2.21. The molecule has 0 radical (unpaired) electrons. The maximum Gasteiger partial charge on any atom is 0.222 e. The van der Waals surface area contributed by atoms with E-state index in [1.165, 1.54) is 6.42 Å². The standard InChI is InChI=1S/C12H21NO/c1-5-7-13(11(14)6-2)9-10-8-12(10,3)4/h5,10H,1,6-9H2,2-4H3. The van der Waals surface area contributed by atoms with Crippen LogP contribution in [-0.2, 0) is 4.79 Å². The van der Waals surface area contributed by atoms with Crippen molar-refractivity contribution in [2.45, 2.75) is 33.6 Å². The van der Waals surface area contributed by atoms with Gasteiger partial charge in [0.05, 0.1) is 0 Å². The third-order valence-corrected chi connectivity index (χ3v) is 3.16. The van der Waals surface area contributed by atoms with Gasteiger partial charge in [-0.05, 0) is 17.8 Å². The number of hydrogen-bond acceptors (Lipinski definition) is 1. The van der Waals surface area contributed by atoms with Gasteiger partial charge >= 0.3 is 0 Å². The van der Waals surface area contributed by atoms with Crippen LogP contribution in [0.1, 0.15) is 33.6 Å². The SMILES string of the molecule is C=CCN(CC1CC1(C)C)C(=O)CC. The average molecular weight is 195 g/mol. The van der Waals surface area contributed by atoms with E-state index >= 15 is 0 Å². The van der Waals surface area contributed by atoms with Crippen molar-refractivity contribution in [1.29, 1.82) is 0 Å². The zero-order valence-electron chi connectivity index (χ0n) is 9.55. The van der Waals surface area contributed by atoms with E-state index < -0.39 is 0 Å². The van der Waals surface area contributed by atoms with Crippen LogP contribution in [0, 0.1) is 11.3 Å². The molecule has 0 saturated heterocycles. The summed E-state index contributed by atoms with van der Waals surface area (Å²) in [4.78, 5) is 13.5. The van der Waals surface area contributed by atoms with E-state index in [4.69, 9.17) is 0 Å². The molecule has 0 N–H and O–H groups in total. The Labute approximate surface area is 87.0 Å². The second kappa shape index (κ2) is 4.16. The van der Waals surface area contributed by atoms with Gasteiger partial charge in [0.25, 0.3) is 0 Å². The molecule has 1 amide bonds. The third-order valence-electron chi connectivity index (χ3n) is 3.16. The monoisotopic (exact) mass is 195 g/mol. The normalized spacial score (nSPS) is 22.9. The first-order chi connectivity index (χ1) is 6.51. The molecule has 1 rings (SSSR count). The molecule has 0 aromatic rings. The summed E-state index contributed by atoms with van der Waals surface area (Å²) in [7, 11) is 0. The molecule has 0 heterocycles. The highest BCUT2D eigenvalue weighted by Crippen LogP contribution is 2.51. The van der Waals surface area contributed by atoms with Crippen LogP contribution < -0.4 is 0 Å². The minimum Gasteiger partial charge on any atom is -0.339 e. The topological polar surface area (TPSA) is 20.3 Å². The summed E-state index contributed by atoms with van der Waals surface area (Å²) in [5, 5.41) is 0. The van der Waals surface area contributed by atoms with E-state index in [2.05, 4.69) is 20.4 Å². The van der Waals surface area contributed by atoms with Gasteiger partial charge in [-0.3, -0.25) is 4.79 Å². The van der Waals surface area contributed by atoms with Crippen molar-refractivity contribution in [3.05, 3.63) is 12.7 Å². The highest BCUT2D eigenvalue weighted by atomic mass is 16.2.